The van der Waals surface area contributed by atoms with Crippen LogP contribution < -0.4 is 10.6 Å². The SMILES string of the molecule is CC(=O)NC(CC(=O)NCC1(O)CCC1)c1ccc(C)cc1. The van der Waals surface area contributed by atoms with E-state index in [0.717, 1.165) is 30.4 Å². The molecule has 0 aliphatic heterocycles. The van der Waals surface area contributed by atoms with Gasteiger partial charge in [-0.3, -0.25) is 9.59 Å². The maximum absolute atomic E-state index is 12.1. The van der Waals surface area contributed by atoms with Gasteiger partial charge in [-0.05, 0) is 31.7 Å². The molecule has 1 aliphatic rings. The highest BCUT2D eigenvalue weighted by Gasteiger charge is 2.34. The number of amides is 2. The lowest BCUT2D eigenvalue weighted by Gasteiger charge is -2.36. The van der Waals surface area contributed by atoms with E-state index in [1.807, 2.05) is 31.2 Å². The van der Waals surface area contributed by atoms with Crippen molar-refractivity contribution in [2.45, 2.75) is 51.2 Å². The number of carbonyl (C=O) groups is 2. The summed E-state index contributed by atoms with van der Waals surface area (Å²) in [4.78, 5) is 23.5. The van der Waals surface area contributed by atoms with Crippen molar-refractivity contribution in [1.82, 2.24) is 10.6 Å². The molecular weight excluding hydrogens is 280 g/mol. The van der Waals surface area contributed by atoms with Crippen molar-refractivity contribution in [3.63, 3.8) is 0 Å². The van der Waals surface area contributed by atoms with E-state index in [-0.39, 0.29) is 30.8 Å². The van der Waals surface area contributed by atoms with Crippen LogP contribution in [-0.2, 0) is 9.59 Å². The number of rotatable bonds is 6. The van der Waals surface area contributed by atoms with Gasteiger partial charge in [0.25, 0.3) is 0 Å². The lowest BCUT2D eigenvalue weighted by molar-refractivity contribution is -0.124. The van der Waals surface area contributed by atoms with E-state index in [4.69, 9.17) is 0 Å². The Balaban J connectivity index is 1.95. The molecule has 0 heterocycles. The highest BCUT2D eigenvalue weighted by molar-refractivity contribution is 5.79. The van der Waals surface area contributed by atoms with Crippen LogP contribution in [-0.4, -0.2) is 29.1 Å². The Labute approximate surface area is 131 Å². The smallest absolute Gasteiger partial charge is 0.222 e. The molecule has 5 nitrogen and oxygen atoms in total. The van der Waals surface area contributed by atoms with Gasteiger partial charge in [-0.15, -0.1) is 0 Å². The van der Waals surface area contributed by atoms with Crippen LogP contribution >= 0.6 is 0 Å². The molecule has 0 bridgehead atoms. The molecule has 1 aromatic carbocycles. The molecule has 2 rings (SSSR count). The van der Waals surface area contributed by atoms with Crippen molar-refractivity contribution in [2.24, 2.45) is 0 Å². The standard InChI is InChI=1S/C17H24N2O3/c1-12-4-6-14(7-5-12)15(19-13(2)20)10-16(21)18-11-17(22)8-3-9-17/h4-7,15,22H,3,8-11H2,1-2H3,(H,18,21)(H,19,20). The van der Waals surface area contributed by atoms with E-state index in [1.54, 1.807) is 0 Å². The van der Waals surface area contributed by atoms with E-state index in [2.05, 4.69) is 10.6 Å². The van der Waals surface area contributed by atoms with Gasteiger partial charge in [-0.2, -0.15) is 0 Å². The topological polar surface area (TPSA) is 78.4 Å². The van der Waals surface area contributed by atoms with Crippen LogP contribution in [0.1, 0.15) is 49.8 Å². The Hall–Kier alpha value is -1.88. The minimum absolute atomic E-state index is 0.165. The van der Waals surface area contributed by atoms with Crippen molar-refractivity contribution in [3.05, 3.63) is 35.4 Å². The lowest BCUT2D eigenvalue weighted by Crippen LogP contribution is -2.48. The van der Waals surface area contributed by atoms with Crippen LogP contribution in [0.15, 0.2) is 24.3 Å². The molecule has 3 N–H and O–H groups in total. The molecule has 120 valence electrons. The number of hydrogen-bond donors (Lipinski definition) is 3. The average molecular weight is 304 g/mol. The summed E-state index contributed by atoms with van der Waals surface area (Å²) in [5.41, 5.74) is 1.29. The van der Waals surface area contributed by atoms with Gasteiger partial charge in [0.05, 0.1) is 18.1 Å². The summed E-state index contributed by atoms with van der Waals surface area (Å²) in [5.74, 6) is -0.337. The molecule has 1 saturated carbocycles. The maximum atomic E-state index is 12.1. The molecule has 1 aromatic rings. The van der Waals surface area contributed by atoms with E-state index in [1.165, 1.54) is 6.92 Å². The zero-order valence-corrected chi connectivity index (χ0v) is 13.2. The van der Waals surface area contributed by atoms with Crippen LogP contribution in [0.25, 0.3) is 0 Å². The normalized spacial score (nSPS) is 17.2. The second-order valence-electron chi connectivity index (χ2n) is 6.22. The largest absolute Gasteiger partial charge is 0.388 e. The predicted octanol–water partition coefficient (Wildman–Crippen LogP) is 1.59. The molecule has 22 heavy (non-hydrogen) atoms. The summed E-state index contributed by atoms with van der Waals surface area (Å²) < 4.78 is 0. The van der Waals surface area contributed by atoms with Crippen LogP contribution in [0.2, 0.25) is 0 Å². The first kappa shape index (κ1) is 16.5. The van der Waals surface area contributed by atoms with Gasteiger partial charge in [-0.1, -0.05) is 29.8 Å². The van der Waals surface area contributed by atoms with Gasteiger partial charge in [0.2, 0.25) is 11.8 Å². The van der Waals surface area contributed by atoms with Gasteiger partial charge in [0, 0.05) is 13.5 Å². The fraction of sp³-hybridized carbons (Fsp3) is 0.529. The summed E-state index contributed by atoms with van der Waals surface area (Å²) in [7, 11) is 0. The Morgan fingerprint density at radius 1 is 1.27 bits per heavy atom. The Morgan fingerprint density at radius 2 is 1.91 bits per heavy atom. The van der Waals surface area contributed by atoms with E-state index in [0.29, 0.717) is 0 Å². The third-order valence-electron chi connectivity index (χ3n) is 4.15. The first-order chi connectivity index (χ1) is 10.4. The average Bonchev–Trinajstić information content (AvgIpc) is 2.43. The van der Waals surface area contributed by atoms with Crippen molar-refractivity contribution in [1.29, 1.82) is 0 Å². The lowest BCUT2D eigenvalue weighted by atomic mass is 9.80. The Morgan fingerprint density at radius 3 is 2.41 bits per heavy atom. The van der Waals surface area contributed by atoms with Crippen LogP contribution in [0.3, 0.4) is 0 Å². The Bertz CT molecular complexity index is 535. The van der Waals surface area contributed by atoms with Crippen molar-refractivity contribution in [2.75, 3.05) is 6.54 Å². The van der Waals surface area contributed by atoms with Crippen LogP contribution in [0.4, 0.5) is 0 Å². The number of nitrogens with one attached hydrogen (secondary N) is 2. The minimum Gasteiger partial charge on any atom is -0.388 e. The zero-order valence-electron chi connectivity index (χ0n) is 13.2. The van der Waals surface area contributed by atoms with E-state index < -0.39 is 5.60 Å². The quantitative estimate of drug-likeness (QED) is 0.747. The summed E-state index contributed by atoms with van der Waals surface area (Å²) in [5, 5.41) is 15.6. The predicted molar refractivity (Wildman–Crippen MR) is 84.2 cm³/mol. The maximum Gasteiger partial charge on any atom is 0.222 e. The molecule has 0 spiro atoms. The molecule has 1 unspecified atom stereocenters. The third kappa shape index (κ3) is 4.56. The second-order valence-corrected chi connectivity index (χ2v) is 6.22. The molecule has 1 fully saturated rings. The van der Waals surface area contributed by atoms with Gasteiger partial charge in [-0.25, -0.2) is 0 Å². The molecule has 0 radical (unpaired) electrons. The summed E-state index contributed by atoms with van der Waals surface area (Å²) in [6.07, 6.45) is 2.64. The van der Waals surface area contributed by atoms with Crippen LogP contribution in [0, 0.1) is 6.92 Å². The summed E-state index contributed by atoms with van der Waals surface area (Å²) in [6.45, 7) is 3.71. The molecule has 1 aliphatic carbocycles. The van der Waals surface area contributed by atoms with E-state index >= 15 is 0 Å². The molecule has 5 heteroatoms. The van der Waals surface area contributed by atoms with Gasteiger partial charge < -0.3 is 15.7 Å². The van der Waals surface area contributed by atoms with Crippen LogP contribution in [0.5, 0.6) is 0 Å². The highest BCUT2D eigenvalue weighted by atomic mass is 16.3. The highest BCUT2D eigenvalue weighted by Crippen LogP contribution is 2.30. The molecule has 0 saturated heterocycles. The minimum atomic E-state index is -0.733. The Kier molecular flexibility index (Phi) is 5.19. The first-order valence-corrected chi connectivity index (χ1v) is 7.71. The number of aryl methyl sites for hydroxylation is 1. The molecule has 1 atom stereocenters. The summed E-state index contributed by atoms with van der Waals surface area (Å²) in [6, 6.07) is 7.40. The molecule has 2 amide bonds. The molecule has 0 aromatic heterocycles. The first-order valence-electron chi connectivity index (χ1n) is 7.71. The van der Waals surface area contributed by atoms with Crippen molar-refractivity contribution in [3.8, 4) is 0 Å². The molecular formula is C17H24N2O3. The zero-order chi connectivity index (χ0) is 16.2. The third-order valence-corrected chi connectivity index (χ3v) is 4.15. The van der Waals surface area contributed by atoms with Crippen molar-refractivity contribution >= 4 is 11.8 Å². The second kappa shape index (κ2) is 6.92. The van der Waals surface area contributed by atoms with E-state index in [9.17, 15) is 14.7 Å². The van der Waals surface area contributed by atoms with Gasteiger partial charge in [0.15, 0.2) is 0 Å². The van der Waals surface area contributed by atoms with Gasteiger partial charge in [0.1, 0.15) is 0 Å². The number of aliphatic hydroxyl groups is 1. The fourth-order valence-corrected chi connectivity index (χ4v) is 2.58. The van der Waals surface area contributed by atoms with Crippen molar-refractivity contribution < 1.29 is 14.7 Å². The fourth-order valence-electron chi connectivity index (χ4n) is 2.58. The number of carbonyl (C=O) groups excluding carboxylic acids is 2. The number of hydrogen-bond acceptors (Lipinski definition) is 3. The number of benzene rings is 1. The summed E-state index contributed by atoms with van der Waals surface area (Å²) >= 11 is 0. The monoisotopic (exact) mass is 304 g/mol. The van der Waals surface area contributed by atoms with Gasteiger partial charge >= 0.3 is 0 Å².